The van der Waals surface area contributed by atoms with Crippen molar-refractivity contribution in [2.45, 2.75) is 4.90 Å². The Morgan fingerprint density at radius 3 is 3.40 bits per heavy atom. The number of para-hydroxylation sites is 1. The molecule has 1 nitrogen and oxygen atoms in total. The molecule has 0 aliphatic carbocycles. The van der Waals surface area contributed by atoms with Crippen molar-refractivity contribution in [1.29, 1.82) is 0 Å². The molecule has 0 amide bonds. The maximum absolute atomic E-state index is 3.11. The molecular weight excluding hydrogens is 142 g/mol. The maximum Gasteiger partial charge on any atom is 0.0601 e. The lowest BCUT2D eigenvalue weighted by molar-refractivity contribution is 1.40. The minimum atomic E-state index is 1.08. The van der Waals surface area contributed by atoms with E-state index in [9.17, 15) is 0 Å². The molecule has 0 atom stereocenters. The minimum absolute atomic E-state index is 1.08. The van der Waals surface area contributed by atoms with E-state index in [0.29, 0.717) is 0 Å². The third-order valence-electron chi connectivity index (χ3n) is 1.31. The van der Waals surface area contributed by atoms with Gasteiger partial charge in [0.15, 0.2) is 0 Å². The highest BCUT2D eigenvalue weighted by Gasteiger charge is 2.01. The molecule has 1 aliphatic rings. The summed E-state index contributed by atoms with van der Waals surface area (Å²) in [5, 5.41) is 5.13. The molecule has 49 valence electrons. The number of anilines is 1. The van der Waals surface area contributed by atoms with Gasteiger partial charge in [-0.25, -0.2) is 0 Å². The summed E-state index contributed by atoms with van der Waals surface area (Å²) in [7, 11) is 0. The predicted octanol–water partition coefficient (Wildman–Crippen LogP) is 2.48. The highest BCUT2D eigenvalue weighted by Crippen LogP contribution is 2.30. The number of benzene rings is 1. The number of nitrogens with one attached hydrogen (secondary N) is 1. The molecule has 0 aromatic heterocycles. The first-order valence-corrected chi connectivity index (χ1v) is 3.94. The molecule has 0 spiro atoms. The van der Waals surface area contributed by atoms with Crippen LogP contribution in [0.25, 0.3) is 0 Å². The molecule has 1 aromatic rings. The SMILES string of the molecule is [c]1cccc2c1NC=CS2. The van der Waals surface area contributed by atoms with E-state index in [0.717, 1.165) is 5.69 Å². The first-order chi connectivity index (χ1) is 4.97. The summed E-state index contributed by atoms with van der Waals surface area (Å²) in [5.41, 5.74) is 1.08. The Morgan fingerprint density at radius 1 is 1.50 bits per heavy atom. The molecule has 1 aliphatic heterocycles. The number of fused-ring (bicyclic) bond motifs is 1. The van der Waals surface area contributed by atoms with Gasteiger partial charge in [-0.15, -0.1) is 0 Å². The van der Waals surface area contributed by atoms with E-state index in [1.54, 1.807) is 11.8 Å². The normalized spacial score (nSPS) is 14.0. The van der Waals surface area contributed by atoms with Crippen molar-refractivity contribution < 1.29 is 0 Å². The largest absolute Gasteiger partial charge is 0.360 e. The van der Waals surface area contributed by atoms with Crippen LogP contribution in [0.5, 0.6) is 0 Å². The van der Waals surface area contributed by atoms with Crippen LogP contribution < -0.4 is 5.32 Å². The molecule has 1 heterocycles. The van der Waals surface area contributed by atoms with E-state index in [-0.39, 0.29) is 0 Å². The van der Waals surface area contributed by atoms with E-state index in [1.165, 1.54) is 4.90 Å². The fourth-order valence-corrected chi connectivity index (χ4v) is 1.53. The first-order valence-electron chi connectivity index (χ1n) is 3.06. The molecule has 10 heavy (non-hydrogen) atoms. The lowest BCUT2D eigenvalue weighted by Gasteiger charge is -2.09. The molecule has 0 fully saturated rings. The molecule has 0 bridgehead atoms. The Morgan fingerprint density at radius 2 is 2.50 bits per heavy atom. The number of hydrogen-bond acceptors (Lipinski definition) is 2. The molecule has 2 heteroatoms. The van der Waals surface area contributed by atoms with Crippen LogP contribution in [0.4, 0.5) is 5.69 Å². The van der Waals surface area contributed by atoms with E-state index >= 15 is 0 Å². The smallest absolute Gasteiger partial charge is 0.0601 e. The second kappa shape index (κ2) is 2.39. The van der Waals surface area contributed by atoms with Crippen LogP contribution in [0.3, 0.4) is 0 Å². The molecule has 0 saturated carbocycles. The van der Waals surface area contributed by atoms with Crippen LogP contribution in [-0.4, -0.2) is 0 Å². The van der Waals surface area contributed by atoms with Crippen molar-refractivity contribution in [2.75, 3.05) is 5.32 Å². The average Bonchev–Trinajstić information content (AvgIpc) is 2.05. The molecule has 1 N–H and O–H groups in total. The zero-order valence-electron chi connectivity index (χ0n) is 5.29. The summed E-state index contributed by atoms with van der Waals surface area (Å²) < 4.78 is 0. The topological polar surface area (TPSA) is 12.0 Å². The molecule has 1 aromatic carbocycles. The highest BCUT2D eigenvalue weighted by atomic mass is 32.2. The van der Waals surface area contributed by atoms with Gasteiger partial charge in [-0.1, -0.05) is 23.9 Å². The summed E-state index contributed by atoms with van der Waals surface area (Å²) in [6.07, 6.45) is 1.92. The van der Waals surface area contributed by atoms with Gasteiger partial charge >= 0.3 is 0 Å². The van der Waals surface area contributed by atoms with Crippen molar-refractivity contribution in [3.63, 3.8) is 0 Å². The fourth-order valence-electron chi connectivity index (χ4n) is 0.857. The summed E-state index contributed by atoms with van der Waals surface area (Å²) in [4.78, 5) is 1.24. The number of hydrogen-bond donors (Lipinski definition) is 1. The quantitative estimate of drug-likeness (QED) is 0.606. The van der Waals surface area contributed by atoms with Gasteiger partial charge in [0.2, 0.25) is 0 Å². The predicted molar refractivity (Wildman–Crippen MR) is 43.9 cm³/mol. The molecular formula is C8H6NS. The monoisotopic (exact) mass is 148 g/mol. The zero-order valence-corrected chi connectivity index (χ0v) is 6.11. The third kappa shape index (κ3) is 0.907. The van der Waals surface area contributed by atoms with Crippen LogP contribution in [0.1, 0.15) is 0 Å². The Bertz CT molecular complexity index is 241. The zero-order chi connectivity index (χ0) is 6.81. The van der Waals surface area contributed by atoms with Gasteiger partial charge in [0, 0.05) is 17.2 Å². The second-order valence-corrected chi connectivity index (χ2v) is 2.92. The van der Waals surface area contributed by atoms with Crippen LogP contribution in [0.2, 0.25) is 0 Å². The summed E-state index contributed by atoms with van der Waals surface area (Å²) in [6.45, 7) is 0. The summed E-state index contributed by atoms with van der Waals surface area (Å²) >= 11 is 1.71. The van der Waals surface area contributed by atoms with Crippen LogP contribution >= 0.6 is 11.8 Å². The maximum atomic E-state index is 3.11. The van der Waals surface area contributed by atoms with Gasteiger partial charge in [-0.3, -0.25) is 0 Å². The van der Waals surface area contributed by atoms with Crippen LogP contribution in [0, 0.1) is 6.07 Å². The van der Waals surface area contributed by atoms with Gasteiger partial charge in [0.25, 0.3) is 0 Å². The van der Waals surface area contributed by atoms with Gasteiger partial charge < -0.3 is 5.32 Å². The van der Waals surface area contributed by atoms with Gasteiger partial charge in [-0.05, 0) is 11.5 Å². The van der Waals surface area contributed by atoms with Crippen molar-refractivity contribution >= 4 is 17.4 Å². The fraction of sp³-hybridized carbons (Fsp3) is 0. The van der Waals surface area contributed by atoms with Crippen molar-refractivity contribution in [1.82, 2.24) is 0 Å². The first kappa shape index (κ1) is 5.86. The Hall–Kier alpha value is -0.890. The summed E-state index contributed by atoms with van der Waals surface area (Å²) in [6, 6.07) is 9.08. The van der Waals surface area contributed by atoms with Crippen molar-refractivity contribution in [3.05, 3.63) is 35.9 Å². The van der Waals surface area contributed by atoms with Crippen molar-refractivity contribution in [2.24, 2.45) is 0 Å². The van der Waals surface area contributed by atoms with Gasteiger partial charge in [-0.2, -0.15) is 0 Å². The highest BCUT2D eigenvalue weighted by molar-refractivity contribution is 8.02. The molecule has 1 radical (unpaired) electrons. The van der Waals surface area contributed by atoms with E-state index in [4.69, 9.17) is 0 Å². The number of rotatable bonds is 0. The summed E-state index contributed by atoms with van der Waals surface area (Å²) in [5.74, 6) is 0. The second-order valence-electron chi connectivity index (χ2n) is 1.97. The van der Waals surface area contributed by atoms with Crippen LogP contribution in [-0.2, 0) is 0 Å². The Kier molecular flexibility index (Phi) is 1.40. The van der Waals surface area contributed by atoms with E-state index in [1.807, 2.05) is 23.7 Å². The van der Waals surface area contributed by atoms with E-state index in [2.05, 4.69) is 17.4 Å². The molecule has 0 saturated heterocycles. The standard InChI is InChI=1S/C8H6NS/c1-2-4-8-7(3-1)9-5-6-10-8/h1-2,4-6,9H. The molecule has 2 rings (SSSR count). The Balaban J connectivity index is 2.47. The van der Waals surface area contributed by atoms with Crippen molar-refractivity contribution in [3.8, 4) is 0 Å². The minimum Gasteiger partial charge on any atom is -0.360 e. The lowest BCUT2D eigenvalue weighted by atomic mass is 10.3. The van der Waals surface area contributed by atoms with E-state index < -0.39 is 0 Å². The Labute approximate surface area is 64.1 Å². The molecule has 0 unspecified atom stereocenters. The average molecular weight is 148 g/mol. The van der Waals surface area contributed by atoms with Crippen LogP contribution in [0.15, 0.2) is 34.7 Å². The number of thioether (sulfide) groups is 1. The van der Waals surface area contributed by atoms with Gasteiger partial charge in [0.05, 0.1) is 5.69 Å². The third-order valence-corrected chi connectivity index (χ3v) is 2.17. The lowest BCUT2D eigenvalue weighted by Crippen LogP contribution is -1.92. The van der Waals surface area contributed by atoms with Gasteiger partial charge in [0.1, 0.15) is 0 Å².